The van der Waals surface area contributed by atoms with E-state index in [0.29, 0.717) is 41.2 Å². The lowest BCUT2D eigenvalue weighted by molar-refractivity contribution is 0.327. The second-order valence-corrected chi connectivity index (χ2v) is 9.90. The van der Waals surface area contributed by atoms with E-state index in [2.05, 4.69) is 29.9 Å². The largest absolute Gasteiger partial charge is 0.494 e. The molecule has 13 nitrogen and oxygen atoms in total. The fourth-order valence-corrected chi connectivity index (χ4v) is 4.97. The molecule has 1 unspecified atom stereocenters. The van der Waals surface area contributed by atoms with Gasteiger partial charge in [-0.05, 0) is 25.1 Å². The number of aromatic nitrogens is 7. The third kappa shape index (κ3) is 4.99. The summed E-state index contributed by atoms with van der Waals surface area (Å²) < 4.78 is 57.3. The van der Waals surface area contributed by atoms with Crippen molar-refractivity contribution in [2.45, 2.75) is 12.2 Å². The summed E-state index contributed by atoms with van der Waals surface area (Å²) >= 11 is 0. The molecule has 5 aromatic rings. The predicted octanol–water partition coefficient (Wildman–Crippen LogP) is 2.60. The number of hydrogen-bond donors (Lipinski definition) is 1. The Morgan fingerprint density at radius 3 is 2.25 bits per heavy atom. The van der Waals surface area contributed by atoms with Gasteiger partial charge >= 0.3 is 0 Å². The molecule has 0 bridgehead atoms. The number of hydrogen-bond acceptors (Lipinski definition) is 11. The zero-order valence-electron chi connectivity index (χ0n) is 21.5. The number of para-hydroxylation sites is 1. The number of ether oxygens (including phenoxy) is 3. The second kappa shape index (κ2) is 10.8. The Kier molecular flexibility index (Phi) is 7.23. The SMILES string of the molecule is CCOc1cccc(-c2nc3ncc(C(c4ncc(F)cn4)S(N)(=O)=O)nc3n2-c2c(OC)cccc2OC)n1. The number of sulfonamides is 1. The van der Waals surface area contributed by atoms with Crippen molar-refractivity contribution in [2.75, 3.05) is 20.8 Å². The van der Waals surface area contributed by atoms with E-state index in [-0.39, 0.29) is 22.8 Å². The van der Waals surface area contributed by atoms with Crippen LogP contribution in [0.1, 0.15) is 23.7 Å². The molecule has 15 heteroatoms. The van der Waals surface area contributed by atoms with Crippen LogP contribution in [0.4, 0.5) is 4.39 Å². The van der Waals surface area contributed by atoms with Crippen LogP contribution in [-0.4, -0.2) is 63.7 Å². The maximum Gasteiger partial charge on any atom is 0.225 e. The Labute approximate surface area is 227 Å². The summed E-state index contributed by atoms with van der Waals surface area (Å²) in [5.74, 6) is 0.448. The number of nitrogens with zero attached hydrogens (tertiary/aromatic N) is 7. The summed E-state index contributed by atoms with van der Waals surface area (Å²) in [4.78, 5) is 25.8. The maximum atomic E-state index is 13.5. The minimum atomic E-state index is -4.37. The summed E-state index contributed by atoms with van der Waals surface area (Å²) in [5.41, 5.74) is 0.993. The molecule has 0 aliphatic carbocycles. The number of fused-ring (bicyclic) bond motifs is 1. The lowest BCUT2D eigenvalue weighted by Gasteiger charge is -2.17. The van der Waals surface area contributed by atoms with E-state index in [1.165, 1.54) is 20.4 Å². The van der Waals surface area contributed by atoms with Crippen LogP contribution in [0.15, 0.2) is 55.0 Å². The fourth-order valence-electron chi connectivity index (χ4n) is 4.10. The van der Waals surface area contributed by atoms with Crippen LogP contribution in [0.5, 0.6) is 17.4 Å². The van der Waals surface area contributed by atoms with Gasteiger partial charge in [0.2, 0.25) is 15.9 Å². The molecule has 1 aromatic carbocycles. The van der Waals surface area contributed by atoms with Crippen molar-refractivity contribution in [1.82, 2.24) is 34.5 Å². The van der Waals surface area contributed by atoms with Gasteiger partial charge in [0, 0.05) is 6.07 Å². The fraction of sp³-hybridized carbons (Fsp3) is 0.200. The first-order valence-electron chi connectivity index (χ1n) is 11.8. The Bertz CT molecular complexity index is 1780. The average molecular weight is 567 g/mol. The van der Waals surface area contributed by atoms with Gasteiger partial charge in [0.25, 0.3) is 0 Å². The molecule has 0 saturated heterocycles. The van der Waals surface area contributed by atoms with Crippen molar-refractivity contribution in [3.8, 4) is 34.6 Å². The molecule has 1 atom stereocenters. The van der Waals surface area contributed by atoms with Gasteiger partial charge in [-0.15, -0.1) is 0 Å². The van der Waals surface area contributed by atoms with Crippen LogP contribution >= 0.6 is 0 Å². The molecule has 4 aromatic heterocycles. The van der Waals surface area contributed by atoms with Crippen LogP contribution in [0.25, 0.3) is 28.5 Å². The Balaban J connectivity index is 1.84. The van der Waals surface area contributed by atoms with E-state index in [1.54, 1.807) is 41.0 Å². The average Bonchev–Trinajstić information content (AvgIpc) is 3.32. The number of halogens is 1. The molecule has 0 radical (unpaired) electrons. The molecule has 0 amide bonds. The topological polar surface area (TPSA) is 170 Å². The molecule has 0 aliphatic rings. The molecule has 5 rings (SSSR count). The zero-order chi connectivity index (χ0) is 28.4. The van der Waals surface area contributed by atoms with E-state index >= 15 is 0 Å². The standard InChI is InChI=1S/C25H23FN8O5S/c1-4-39-19-10-5-7-15(31-19)24-33-23-25(34(24)20-17(37-2)8-6-9-18(20)38-3)32-16(13-30-23)21(40(27,35)36)22-28-11-14(26)12-29-22/h5-13,21H,4H2,1-3H3,(H2,27,35,36). The minimum Gasteiger partial charge on any atom is -0.494 e. The van der Waals surface area contributed by atoms with Gasteiger partial charge in [0.05, 0.1) is 45.1 Å². The first-order valence-corrected chi connectivity index (χ1v) is 13.4. The smallest absolute Gasteiger partial charge is 0.225 e. The minimum absolute atomic E-state index is 0.112. The van der Waals surface area contributed by atoms with Crippen LogP contribution in [0, 0.1) is 5.82 Å². The van der Waals surface area contributed by atoms with Crippen molar-refractivity contribution >= 4 is 21.3 Å². The van der Waals surface area contributed by atoms with Crippen LogP contribution in [0.3, 0.4) is 0 Å². The predicted molar refractivity (Wildman–Crippen MR) is 141 cm³/mol. The van der Waals surface area contributed by atoms with Crippen molar-refractivity contribution in [3.63, 3.8) is 0 Å². The van der Waals surface area contributed by atoms with Gasteiger partial charge in [-0.3, -0.25) is 4.57 Å². The Hall–Kier alpha value is -4.76. The lowest BCUT2D eigenvalue weighted by Crippen LogP contribution is -2.25. The molecule has 0 spiro atoms. The third-order valence-corrected chi connectivity index (χ3v) is 6.84. The quantitative estimate of drug-likeness (QED) is 0.278. The lowest BCUT2D eigenvalue weighted by atomic mass is 10.2. The molecular formula is C25H23FN8O5S. The van der Waals surface area contributed by atoms with Gasteiger partial charge in [-0.1, -0.05) is 12.1 Å². The van der Waals surface area contributed by atoms with Crippen LogP contribution in [-0.2, 0) is 10.0 Å². The first-order chi connectivity index (χ1) is 19.2. The number of pyridine rings is 1. The van der Waals surface area contributed by atoms with Gasteiger partial charge in [-0.2, -0.15) is 0 Å². The Morgan fingerprint density at radius 1 is 0.950 bits per heavy atom. The number of primary sulfonamides is 1. The number of rotatable bonds is 9. The summed E-state index contributed by atoms with van der Waals surface area (Å²) in [6, 6.07) is 10.4. The molecule has 0 fully saturated rings. The molecule has 0 saturated carbocycles. The number of imidazole rings is 1. The van der Waals surface area contributed by atoms with Crippen molar-refractivity contribution in [2.24, 2.45) is 5.14 Å². The van der Waals surface area contributed by atoms with E-state index in [4.69, 9.17) is 19.3 Å². The molecule has 40 heavy (non-hydrogen) atoms. The Morgan fingerprint density at radius 2 is 1.62 bits per heavy atom. The molecule has 2 N–H and O–H groups in total. The molecule has 0 aliphatic heterocycles. The van der Waals surface area contributed by atoms with Crippen LogP contribution in [0.2, 0.25) is 0 Å². The highest BCUT2D eigenvalue weighted by molar-refractivity contribution is 7.89. The van der Waals surface area contributed by atoms with E-state index in [1.807, 2.05) is 6.92 Å². The highest BCUT2D eigenvalue weighted by atomic mass is 32.2. The summed E-state index contributed by atoms with van der Waals surface area (Å²) in [6.45, 7) is 2.24. The molecular weight excluding hydrogens is 543 g/mol. The van der Waals surface area contributed by atoms with E-state index in [9.17, 15) is 12.8 Å². The summed E-state index contributed by atoms with van der Waals surface area (Å²) in [6.07, 6.45) is 2.88. The number of benzene rings is 1. The second-order valence-electron chi connectivity index (χ2n) is 8.25. The number of nitrogens with two attached hydrogens (primary N) is 1. The van der Waals surface area contributed by atoms with Crippen LogP contribution < -0.4 is 19.3 Å². The first kappa shape index (κ1) is 26.8. The van der Waals surface area contributed by atoms with E-state index in [0.717, 1.165) is 12.4 Å². The van der Waals surface area contributed by atoms with Crippen molar-refractivity contribution in [3.05, 3.63) is 72.3 Å². The normalized spacial score (nSPS) is 12.3. The van der Waals surface area contributed by atoms with Gasteiger partial charge in [0.1, 0.15) is 22.9 Å². The van der Waals surface area contributed by atoms with Gasteiger partial charge < -0.3 is 14.2 Å². The highest BCUT2D eigenvalue weighted by Crippen LogP contribution is 2.38. The number of methoxy groups -OCH3 is 2. The summed E-state index contributed by atoms with van der Waals surface area (Å²) in [5, 5.41) is 3.91. The molecule has 4 heterocycles. The van der Waals surface area contributed by atoms with Gasteiger partial charge in [0.15, 0.2) is 34.0 Å². The monoisotopic (exact) mass is 566 g/mol. The van der Waals surface area contributed by atoms with E-state index < -0.39 is 21.1 Å². The highest BCUT2D eigenvalue weighted by Gasteiger charge is 2.32. The van der Waals surface area contributed by atoms with Crippen molar-refractivity contribution in [1.29, 1.82) is 0 Å². The van der Waals surface area contributed by atoms with Gasteiger partial charge in [-0.25, -0.2) is 47.9 Å². The summed E-state index contributed by atoms with van der Waals surface area (Å²) in [7, 11) is -1.39. The zero-order valence-corrected chi connectivity index (χ0v) is 22.3. The third-order valence-electron chi connectivity index (χ3n) is 5.73. The maximum absolute atomic E-state index is 13.5. The molecule has 206 valence electrons. The van der Waals surface area contributed by atoms with Crippen molar-refractivity contribution < 1.29 is 27.0 Å².